The van der Waals surface area contributed by atoms with E-state index >= 15 is 0 Å². The molecule has 0 radical (unpaired) electrons. The summed E-state index contributed by atoms with van der Waals surface area (Å²) in [7, 11) is -0.633. The van der Waals surface area contributed by atoms with Gasteiger partial charge in [-0.2, -0.15) is 0 Å². The van der Waals surface area contributed by atoms with Crippen molar-refractivity contribution in [3.63, 3.8) is 0 Å². The Hall–Kier alpha value is -5.40. The SMILES string of the molecule is c1ccc(Nc2ccccc2N(Pc2cccc(P3N(c4ccccc4)c4ccccc4N3c3ccccc3)c2)c2ccccc2)cc1. The lowest BCUT2D eigenvalue weighted by atomic mass is 10.2. The second-order valence-electron chi connectivity index (χ2n) is 11.4. The van der Waals surface area contributed by atoms with Crippen LogP contribution in [-0.4, -0.2) is 0 Å². The molecule has 1 aliphatic heterocycles. The van der Waals surface area contributed by atoms with Gasteiger partial charge in [-0.1, -0.05) is 115 Å². The first-order chi connectivity index (χ1) is 23.8. The zero-order valence-electron chi connectivity index (χ0n) is 26.3. The van der Waals surface area contributed by atoms with Crippen LogP contribution in [0.25, 0.3) is 0 Å². The van der Waals surface area contributed by atoms with Gasteiger partial charge in [0, 0.05) is 36.8 Å². The van der Waals surface area contributed by atoms with Crippen molar-refractivity contribution in [2.45, 2.75) is 0 Å². The van der Waals surface area contributed by atoms with Crippen molar-refractivity contribution in [2.75, 3.05) is 19.3 Å². The first-order valence-corrected chi connectivity index (χ1v) is 18.3. The summed E-state index contributed by atoms with van der Waals surface area (Å²) in [6, 6.07) is 69.3. The summed E-state index contributed by atoms with van der Waals surface area (Å²) < 4.78 is 7.51. The van der Waals surface area contributed by atoms with E-state index in [0.29, 0.717) is 8.73 Å². The molecule has 1 atom stereocenters. The van der Waals surface area contributed by atoms with Crippen molar-refractivity contribution in [2.24, 2.45) is 0 Å². The fraction of sp³-hybridized carbons (Fsp3) is 0. The number of hydrogen-bond acceptors (Lipinski definition) is 4. The molecule has 7 aromatic carbocycles. The quantitative estimate of drug-likeness (QED) is 0.156. The Balaban J connectivity index is 1.22. The third kappa shape index (κ3) is 6.05. The summed E-state index contributed by atoms with van der Waals surface area (Å²) in [4.78, 5) is 0. The van der Waals surface area contributed by atoms with E-state index in [0.717, 1.165) is 22.7 Å². The average Bonchev–Trinajstić information content (AvgIpc) is 3.51. The first-order valence-electron chi connectivity index (χ1n) is 16.1. The Morgan fingerprint density at radius 2 is 1.00 bits per heavy atom. The largest absolute Gasteiger partial charge is 0.354 e. The zero-order valence-corrected chi connectivity index (χ0v) is 28.2. The van der Waals surface area contributed by atoms with Gasteiger partial charge in [0.2, 0.25) is 0 Å². The molecule has 0 amide bonds. The van der Waals surface area contributed by atoms with Crippen LogP contribution in [0.5, 0.6) is 0 Å². The van der Waals surface area contributed by atoms with Crippen molar-refractivity contribution in [1.82, 2.24) is 0 Å². The Kier molecular flexibility index (Phi) is 8.59. The van der Waals surface area contributed by atoms with Gasteiger partial charge < -0.3 is 9.99 Å². The summed E-state index contributed by atoms with van der Waals surface area (Å²) in [5.41, 5.74) is 9.23. The summed E-state index contributed by atoms with van der Waals surface area (Å²) in [6.07, 6.45) is 0. The molecule has 1 N–H and O–H groups in total. The van der Waals surface area contributed by atoms with Crippen molar-refractivity contribution < 1.29 is 0 Å². The van der Waals surface area contributed by atoms with Crippen molar-refractivity contribution in [3.8, 4) is 0 Å². The molecular weight excluding hydrogens is 622 g/mol. The summed E-state index contributed by atoms with van der Waals surface area (Å²) >= 11 is 0. The highest BCUT2D eigenvalue weighted by Crippen LogP contribution is 2.64. The van der Waals surface area contributed by atoms with Crippen LogP contribution in [0.15, 0.2) is 194 Å². The van der Waals surface area contributed by atoms with Gasteiger partial charge >= 0.3 is 0 Å². The number of nitrogens with zero attached hydrogens (tertiary/aromatic N) is 3. The second-order valence-corrected chi connectivity index (χ2v) is 14.6. The topological polar surface area (TPSA) is 21.8 Å². The van der Waals surface area contributed by atoms with E-state index in [9.17, 15) is 0 Å². The molecule has 4 nitrogen and oxygen atoms in total. The Bertz CT molecular complexity index is 2040. The predicted octanol–water partition coefficient (Wildman–Crippen LogP) is 11.4. The van der Waals surface area contributed by atoms with Crippen LogP contribution in [0.4, 0.5) is 45.5 Å². The molecular formula is C42H34N4P2. The summed E-state index contributed by atoms with van der Waals surface area (Å²) in [5.74, 6) is 0. The zero-order chi connectivity index (χ0) is 32.1. The van der Waals surface area contributed by atoms with Crippen LogP contribution in [0, 0.1) is 0 Å². The summed E-state index contributed by atoms with van der Waals surface area (Å²) in [5, 5.41) is 6.24. The van der Waals surface area contributed by atoms with Crippen molar-refractivity contribution >= 4 is 73.1 Å². The molecule has 232 valence electrons. The molecule has 0 fully saturated rings. The molecule has 48 heavy (non-hydrogen) atoms. The minimum absolute atomic E-state index is 0.363. The maximum Gasteiger partial charge on any atom is 0.138 e. The molecule has 0 saturated carbocycles. The fourth-order valence-electron chi connectivity index (χ4n) is 6.10. The number of benzene rings is 7. The van der Waals surface area contributed by atoms with Gasteiger partial charge in [-0.15, -0.1) is 0 Å². The van der Waals surface area contributed by atoms with Crippen molar-refractivity contribution in [1.29, 1.82) is 0 Å². The Labute approximate surface area is 285 Å². The van der Waals surface area contributed by atoms with E-state index in [4.69, 9.17) is 0 Å². The van der Waals surface area contributed by atoms with E-state index in [1.165, 1.54) is 33.4 Å². The molecule has 0 aromatic heterocycles. The molecule has 0 saturated heterocycles. The van der Waals surface area contributed by atoms with Crippen molar-refractivity contribution in [3.05, 3.63) is 194 Å². The van der Waals surface area contributed by atoms with Crippen LogP contribution in [0.1, 0.15) is 0 Å². The highest BCUT2D eigenvalue weighted by molar-refractivity contribution is 7.70. The Morgan fingerprint density at radius 3 is 1.62 bits per heavy atom. The van der Waals surface area contributed by atoms with E-state index in [2.05, 4.69) is 207 Å². The fourth-order valence-corrected chi connectivity index (χ4v) is 10.0. The first kappa shape index (κ1) is 30.0. The molecule has 8 rings (SSSR count). The molecule has 6 heteroatoms. The predicted molar refractivity (Wildman–Crippen MR) is 209 cm³/mol. The molecule has 1 heterocycles. The molecule has 1 aliphatic rings. The molecule has 1 unspecified atom stereocenters. The third-order valence-electron chi connectivity index (χ3n) is 8.25. The van der Waals surface area contributed by atoms with Crippen LogP contribution >= 0.6 is 17.0 Å². The number of hydrogen-bond donors (Lipinski definition) is 1. The molecule has 0 spiro atoms. The van der Waals surface area contributed by atoms with Crippen LogP contribution in [0.2, 0.25) is 0 Å². The van der Waals surface area contributed by atoms with Gasteiger partial charge in [-0.3, -0.25) is 9.34 Å². The maximum absolute atomic E-state index is 3.68. The van der Waals surface area contributed by atoms with E-state index in [-0.39, 0.29) is 0 Å². The van der Waals surface area contributed by atoms with Crippen LogP contribution < -0.4 is 29.9 Å². The monoisotopic (exact) mass is 656 g/mol. The van der Waals surface area contributed by atoms with Gasteiger partial charge in [-0.05, 0) is 84.2 Å². The van der Waals surface area contributed by atoms with E-state index in [1.807, 2.05) is 6.07 Å². The maximum atomic E-state index is 3.68. The average molecular weight is 657 g/mol. The highest BCUT2D eigenvalue weighted by Gasteiger charge is 2.39. The number of fused-ring (bicyclic) bond motifs is 1. The lowest BCUT2D eigenvalue weighted by Gasteiger charge is -2.33. The van der Waals surface area contributed by atoms with E-state index in [1.54, 1.807) is 0 Å². The number of nitrogens with one attached hydrogen (secondary N) is 1. The summed E-state index contributed by atoms with van der Waals surface area (Å²) in [6.45, 7) is 0. The minimum atomic E-state index is -0.996. The molecule has 0 aliphatic carbocycles. The van der Waals surface area contributed by atoms with Crippen LogP contribution in [-0.2, 0) is 0 Å². The number of anilines is 8. The molecule has 7 aromatic rings. The third-order valence-corrected chi connectivity index (χ3v) is 11.9. The second kappa shape index (κ2) is 13.8. The number of para-hydroxylation sites is 8. The Morgan fingerprint density at radius 1 is 0.479 bits per heavy atom. The van der Waals surface area contributed by atoms with Gasteiger partial charge in [0.25, 0.3) is 0 Å². The van der Waals surface area contributed by atoms with Crippen LogP contribution in [0.3, 0.4) is 0 Å². The highest BCUT2D eigenvalue weighted by atomic mass is 31.1. The van der Waals surface area contributed by atoms with Gasteiger partial charge in [-0.25, -0.2) is 0 Å². The van der Waals surface area contributed by atoms with Gasteiger partial charge in [0.05, 0.1) is 22.7 Å². The molecule has 0 bridgehead atoms. The normalized spacial score (nSPS) is 12.8. The standard InChI is InChI=1S/C42H34N4P2/c1-5-18-33(19-6-1)43-39-28-13-14-29-40(39)44(34-20-7-2-8-21-34)47-37-26-17-27-38(32-37)48-45(35-22-9-3-10-23-35)41-30-15-16-31-42(41)46(48)36-24-11-4-12-25-36/h1-32,43,47H. The van der Waals surface area contributed by atoms with E-state index < -0.39 is 8.22 Å². The van der Waals surface area contributed by atoms with Gasteiger partial charge in [0.1, 0.15) is 8.22 Å². The lowest BCUT2D eigenvalue weighted by Crippen LogP contribution is -2.24. The minimum Gasteiger partial charge on any atom is -0.354 e. The number of rotatable bonds is 9. The lowest BCUT2D eigenvalue weighted by molar-refractivity contribution is 1.41. The smallest absolute Gasteiger partial charge is 0.138 e. The van der Waals surface area contributed by atoms with Gasteiger partial charge in [0.15, 0.2) is 0 Å².